The summed E-state index contributed by atoms with van der Waals surface area (Å²) in [4.78, 5) is 2.24. The summed E-state index contributed by atoms with van der Waals surface area (Å²) in [6, 6.07) is 7.80. The van der Waals surface area contributed by atoms with E-state index >= 15 is 0 Å². The Morgan fingerprint density at radius 1 is 1.44 bits per heavy atom. The monoisotopic (exact) mass is 269 g/mol. The van der Waals surface area contributed by atoms with Gasteiger partial charge in [-0.05, 0) is 24.2 Å². The molecule has 100 valence electrons. The van der Waals surface area contributed by atoms with Crippen LogP contribution in [0.5, 0.6) is 0 Å². The Morgan fingerprint density at radius 2 is 2.06 bits per heavy atom. The van der Waals surface area contributed by atoms with Crippen LogP contribution in [-0.2, 0) is 6.54 Å². The molecule has 0 saturated carbocycles. The van der Waals surface area contributed by atoms with Crippen LogP contribution in [0.15, 0.2) is 29.4 Å². The van der Waals surface area contributed by atoms with E-state index in [4.69, 9.17) is 22.5 Å². The van der Waals surface area contributed by atoms with Gasteiger partial charge >= 0.3 is 0 Å². The molecule has 1 unspecified atom stereocenters. The molecule has 5 heteroatoms. The highest BCUT2D eigenvalue weighted by Gasteiger charge is 2.12. The van der Waals surface area contributed by atoms with Gasteiger partial charge < -0.3 is 10.9 Å². The lowest BCUT2D eigenvalue weighted by atomic mass is 10.1. The van der Waals surface area contributed by atoms with Gasteiger partial charge in [0.05, 0.1) is 0 Å². The Morgan fingerprint density at radius 3 is 2.56 bits per heavy atom. The summed E-state index contributed by atoms with van der Waals surface area (Å²) in [5.74, 6) is 0.298. The molecule has 0 saturated heterocycles. The van der Waals surface area contributed by atoms with Crippen molar-refractivity contribution in [2.45, 2.75) is 20.4 Å². The fourth-order valence-electron chi connectivity index (χ4n) is 1.73. The topological polar surface area (TPSA) is 61.8 Å². The van der Waals surface area contributed by atoms with Gasteiger partial charge in [0.2, 0.25) is 0 Å². The normalized spacial score (nSPS) is 13.9. The van der Waals surface area contributed by atoms with Crippen molar-refractivity contribution >= 4 is 17.4 Å². The maximum absolute atomic E-state index is 8.64. The Bertz CT molecular complexity index is 392. The molecule has 1 aromatic carbocycles. The molecule has 3 N–H and O–H groups in total. The summed E-state index contributed by atoms with van der Waals surface area (Å²) >= 11 is 5.85. The smallest absolute Gasteiger partial charge is 0.143 e. The quantitative estimate of drug-likeness (QED) is 0.361. The van der Waals surface area contributed by atoms with Gasteiger partial charge in [0, 0.05) is 24.0 Å². The third-order valence-electron chi connectivity index (χ3n) is 2.92. The van der Waals surface area contributed by atoms with Gasteiger partial charge in [-0.15, -0.1) is 0 Å². The van der Waals surface area contributed by atoms with Gasteiger partial charge in [-0.1, -0.05) is 42.7 Å². The maximum Gasteiger partial charge on any atom is 0.143 e. The minimum atomic E-state index is 0.0299. The fourth-order valence-corrected chi connectivity index (χ4v) is 1.86. The van der Waals surface area contributed by atoms with Crippen molar-refractivity contribution in [3.63, 3.8) is 0 Å². The molecule has 1 aromatic rings. The molecule has 0 radical (unpaired) electrons. The summed E-state index contributed by atoms with van der Waals surface area (Å²) in [7, 11) is 0. The van der Waals surface area contributed by atoms with Crippen LogP contribution < -0.4 is 5.73 Å². The third-order valence-corrected chi connectivity index (χ3v) is 3.17. The molecule has 0 aromatic heterocycles. The van der Waals surface area contributed by atoms with E-state index in [0.717, 1.165) is 24.7 Å². The van der Waals surface area contributed by atoms with Gasteiger partial charge in [-0.2, -0.15) is 0 Å². The van der Waals surface area contributed by atoms with E-state index in [1.165, 1.54) is 5.56 Å². The van der Waals surface area contributed by atoms with Gasteiger partial charge in [0.25, 0.3) is 0 Å². The summed E-state index contributed by atoms with van der Waals surface area (Å²) in [6.45, 7) is 6.53. The summed E-state index contributed by atoms with van der Waals surface area (Å²) in [6.07, 6.45) is 0. The molecule has 0 spiro atoms. The van der Waals surface area contributed by atoms with E-state index in [0.29, 0.717) is 0 Å². The highest BCUT2D eigenvalue weighted by atomic mass is 35.5. The minimum Gasteiger partial charge on any atom is -0.409 e. The van der Waals surface area contributed by atoms with Crippen LogP contribution in [0.25, 0.3) is 0 Å². The van der Waals surface area contributed by atoms with Crippen LogP contribution in [0.3, 0.4) is 0 Å². The first-order chi connectivity index (χ1) is 8.56. The van der Waals surface area contributed by atoms with Gasteiger partial charge in [0.15, 0.2) is 0 Å². The van der Waals surface area contributed by atoms with E-state index in [1.54, 1.807) is 0 Å². The zero-order chi connectivity index (χ0) is 13.5. The summed E-state index contributed by atoms with van der Waals surface area (Å²) in [5, 5.41) is 12.4. The lowest BCUT2D eigenvalue weighted by Crippen LogP contribution is -2.34. The van der Waals surface area contributed by atoms with Gasteiger partial charge in [0.1, 0.15) is 5.84 Å². The van der Waals surface area contributed by atoms with Gasteiger partial charge in [-0.3, -0.25) is 4.90 Å². The second kappa shape index (κ2) is 7.24. The lowest BCUT2D eigenvalue weighted by Gasteiger charge is -2.23. The number of amidine groups is 1. The van der Waals surface area contributed by atoms with E-state index in [9.17, 15) is 0 Å². The van der Waals surface area contributed by atoms with Crippen LogP contribution in [0.2, 0.25) is 5.02 Å². The van der Waals surface area contributed by atoms with Crippen molar-refractivity contribution in [3.8, 4) is 0 Å². The third kappa shape index (κ3) is 4.55. The minimum absolute atomic E-state index is 0.0299. The Labute approximate surface area is 113 Å². The van der Waals surface area contributed by atoms with Crippen LogP contribution in [-0.4, -0.2) is 29.0 Å². The second-order valence-corrected chi connectivity index (χ2v) is 4.82. The molecule has 0 aliphatic heterocycles. The number of nitrogens with zero attached hydrogens (tertiary/aromatic N) is 2. The van der Waals surface area contributed by atoms with E-state index in [-0.39, 0.29) is 11.8 Å². The standard InChI is InChI=1S/C13H20ClN3O/c1-3-17(8-10(2)13(15)16-18)9-11-4-6-12(14)7-5-11/h4-7,10,18H,3,8-9H2,1-2H3,(H2,15,16). The highest BCUT2D eigenvalue weighted by molar-refractivity contribution is 6.30. The van der Waals surface area contributed by atoms with E-state index in [2.05, 4.69) is 17.0 Å². The number of halogens is 1. The predicted octanol–water partition coefficient (Wildman–Crippen LogP) is 2.54. The lowest BCUT2D eigenvalue weighted by molar-refractivity contribution is 0.257. The number of hydrogen-bond acceptors (Lipinski definition) is 3. The molecular formula is C13H20ClN3O. The number of nitrogens with two attached hydrogens (primary N) is 1. The number of hydrogen-bond donors (Lipinski definition) is 2. The largest absolute Gasteiger partial charge is 0.409 e. The second-order valence-electron chi connectivity index (χ2n) is 4.38. The van der Waals surface area contributed by atoms with Gasteiger partial charge in [-0.25, -0.2) is 0 Å². The van der Waals surface area contributed by atoms with Crippen LogP contribution in [0, 0.1) is 5.92 Å². The number of benzene rings is 1. The molecule has 1 atom stereocenters. The molecule has 0 fully saturated rings. The fraction of sp³-hybridized carbons (Fsp3) is 0.462. The molecule has 0 aliphatic rings. The number of oxime groups is 1. The predicted molar refractivity (Wildman–Crippen MR) is 75.0 cm³/mol. The van der Waals surface area contributed by atoms with E-state index < -0.39 is 0 Å². The van der Waals surface area contributed by atoms with Crippen LogP contribution in [0.1, 0.15) is 19.4 Å². The average Bonchev–Trinajstić information content (AvgIpc) is 2.39. The van der Waals surface area contributed by atoms with Crippen molar-refractivity contribution in [3.05, 3.63) is 34.9 Å². The van der Waals surface area contributed by atoms with Crippen LogP contribution >= 0.6 is 11.6 Å². The molecule has 0 heterocycles. The molecule has 18 heavy (non-hydrogen) atoms. The molecular weight excluding hydrogens is 250 g/mol. The van der Waals surface area contributed by atoms with E-state index in [1.807, 2.05) is 31.2 Å². The Hall–Kier alpha value is -1.26. The van der Waals surface area contributed by atoms with Crippen molar-refractivity contribution in [2.75, 3.05) is 13.1 Å². The SMILES string of the molecule is CCN(Cc1ccc(Cl)cc1)CC(C)C(N)=NO. The van der Waals surface area contributed by atoms with Crippen molar-refractivity contribution in [1.29, 1.82) is 0 Å². The summed E-state index contributed by atoms with van der Waals surface area (Å²) < 4.78 is 0. The first-order valence-corrected chi connectivity index (χ1v) is 6.38. The number of rotatable bonds is 6. The molecule has 1 rings (SSSR count). The van der Waals surface area contributed by atoms with Crippen molar-refractivity contribution in [1.82, 2.24) is 4.90 Å². The molecule has 0 bridgehead atoms. The Balaban J connectivity index is 2.59. The highest BCUT2D eigenvalue weighted by Crippen LogP contribution is 2.12. The maximum atomic E-state index is 8.64. The van der Waals surface area contributed by atoms with Crippen molar-refractivity contribution in [2.24, 2.45) is 16.8 Å². The molecule has 0 aliphatic carbocycles. The zero-order valence-electron chi connectivity index (χ0n) is 10.8. The molecule has 4 nitrogen and oxygen atoms in total. The van der Waals surface area contributed by atoms with Crippen molar-refractivity contribution < 1.29 is 5.21 Å². The Kier molecular flexibility index (Phi) is 5.95. The average molecular weight is 270 g/mol. The summed E-state index contributed by atoms with van der Waals surface area (Å²) in [5.41, 5.74) is 6.79. The first kappa shape index (κ1) is 14.8. The van der Waals surface area contributed by atoms with Crippen LogP contribution in [0.4, 0.5) is 0 Å². The molecule has 0 amide bonds. The zero-order valence-corrected chi connectivity index (χ0v) is 11.6. The first-order valence-electron chi connectivity index (χ1n) is 6.01.